The summed E-state index contributed by atoms with van der Waals surface area (Å²) in [6, 6.07) is 8.14. The van der Waals surface area contributed by atoms with Crippen molar-refractivity contribution in [1.29, 1.82) is 0 Å². The maximum absolute atomic E-state index is 6.08. The lowest BCUT2D eigenvalue weighted by molar-refractivity contribution is 0.261. The summed E-state index contributed by atoms with van der Waals surface area (Å²) in [4.78, 5) is 0. The van der Waals surface area contributed by atoms with Crippen LogP contribution in [0.2, 0.25) is 0 Å². The normalized spacial score (nSPS) is 15.4. The third-order valence-corrected chi connectivity index (χ3v) is 5.62. The molecule has 29 heavy (non-hydrogen) atoms. The van der Waals surface area contributed by atoms with Crippen LogP contribution in [0.25, 0.3) is 0 Å². The van der Waals surface area contributed by atoms with Gasteiger partial charge in [-0.15, -0.1) is 0 Å². The monoisotopic (exact) mass is 397 g/mol. The van der Waals surface area contributed by atoms with Gasteiger partial charge < -0.3 is 23.9 Å². The Balaban J connectivity index is 1.72. The number of rotatable bonds is 8. The van der Waals surface area contributed by atoms with Gasteiger partial charge in [-0.1, -0.05) is 26.5 Å². The van der Waals surface area contributed by atoms with E-state index in [0.717, 1.165) is 23.5 Å². The molecular formula is C24H31NO4. The molecule has 1 aromatic heterocycles. The minimum Gasteiger partial charge on any atom is -0.499 e. The Hall–Kier alpha value is -2.82. The third-order valence-electron chi connectivity index (χ3n) is 5.62. The summed E-state index contributed by atoms with van der Waals surface area (Å²) in [5, 5.41) is 3.25. The van der Waals surface area contributed by atoms with E-state index in [-0.39, 0.29) is 5.41 Å². The topological polar surface area (TPSA) is 52.9 Å². The second-order valence-electron chi connectivity index (χ2n) is 8.10. The van der Waals surface area contributed by atoms with Crippen LogP contribution in [-0.4, -0.2) is 14.2 Å². The van der Waals surface area contributed by atoms with Gasteiger partial charge in [0.1, 0.15) is 28.7 Å². The summed E-state index contributed by atoms with van der Waals surface area (Å²) in [6.45, 7) is 12.8. The molecule has 156 valence electrons. The van der Waals surface area contributed by atoms with E-state index in [0.29, 0.717) is 29.7 Å². The van der Waals surface area contributed by atoms with Crippen LogP contribution in [0.4, 0.5) is 0 Å². The highest BCUT2D eigenvalue weighted by Gasteiger charge is 2.30. The number of hydrogen-bond donors (Lipinski definition) is 1. The molecule has 0 saturated carbocycles. The van der Waals surface area contributed by atoms with E-state index in [1.165, 1.54) is 17.5 Å². The summed E-state index contributed by atoms with van der Waals surface area (Å²) in [5.74, 6) is 3.25. The minimum atomic E-state index is 0.186. The lowest BCUT2D eigenvalue weighted by Gasteiger charge is -2.20. The Labute approximate surface area is 173 Å². The first-order valence-corrected chi connectivity index (χ1v) is 9.87. The maximum Gasteiger partial charge on any atom is 0.290 e. The summed E-state index contributed by atoms with van der Waals surface area (Å²) in [5.41, 5.74) is 4.80. The van der Waals surface area contributed by atoms with Crippen LogP contribution >= 0.6 is 0 Å². The fourth-order valence-corrected chi connectivity index (χ4v) is 3.69. The summed E-state index contributed by atoms with van der Waals surface area (Å²) >= 11 is 0. The van der Waals surface area contributed by atoms with Gasteiger partial charge in [0.05, 0.1) is 20.8 Å². The SMILES string of the molecule is C=C(OC)/C(NCc1ccc(Oc2cc3c(cc2C)CCC3(C)C)o1)=C(\C)OC. The van der Waals surface area contributed by atoms with Gasteiger partial charge in [-0.05, 0) is 60.9 Å². The summed E-state index contributed by atoms with van der Waals surface area (Å²) in [7, 11) is 3.19. The molecule has 1 heterocycles. The number of ether oxygens (including phenoxy) is 3. The second-order valence-corrected chi connectivity index (χ2v) is 8.10. The molecule has 0 bridgehead atoms. The molecular weight excluding hydrogens is 366 g/mol. The Morgan fingerprint density at radius 3 is 2.66 bits per heavy atom. The number of hydrogen-bond acceptors (Lipinski definition) is 5. The van der Waals surface area contributed by atoms with Crippen LogP contribution in [0.5, 0.6) is 11.7 Å². The molecule has 0 saturated heterocycles. The first-order valence-electron chi connectivity index (χ1n) is 9.87. The predicted molar refractivity (Wildman–Crippen MR) is 114 cm³/mol. The maximum atomic E-state index is 6.08. The van der Waals surface area contributed by atoms with Crippen molar-refractivity contribution >= 4 is 0 Å². The van der Waals surface area contributed by atoms with Crippen molar-refractivity contribution in [2.75, 3.05) is 14.2 Å². The van der Waals surface area contributed by atoms with Gasteiger partial charge in [0, 0.05) is 6.07 Å². The zero-order valence-corrected chi connectivity index (χ0v) is 18.3. The molecule has 1 aromatic carbocycles. The molecule has 1 N–H and O–H groups in total. The van der Waals surface area contributed by atoms with Gasteiger partial charge in [-0.3, -0.25) is 0 Å². The smallest absolute Gasteiger partial charge is 0.290 e. The molecule has 0 radical (unpaired) electrons. The average molecular weight is 398 g/mol. The highest BCUT2D eigenvalue weighted by atomic mass is 16.6. The second kappa shape index (κ2) is 8.27. The van der Waals surface area contributed by atoms with Gasteiger partial charge in [-0.25, -0.2) is 0 Å². The Bertz CT molecular complexity index is 936. The standard InChI is InChI=1S/C24H31NO4/c1-15-12-18-10-11-24(4,5)20(18)13-21(15)29-22-9-8-19(28-22)14-25-23(16(2)26-6)17(3)27-7/h8-9,12-13,25H,2,10-11,14H2,1,3-7H3/b23-17-. The average Bonchev–Trinajstić information content (AvgIpc) is 3.26. The minimum absolute atomic E-state index is 0.186. The predicted octanol–water partition coefficient (Wildman–Crippen LogP) is 5.73. The Morgan fingerprint density at radius 2 is 1.97 bits per heavy atom. The van der Waals surface area contributed by atoms with E-state index in [9.17, 15) is 0 Å². The molecule has 1 aliphatic rings. The van der Waals surface area contributed by atoms with Gasteiger partial charge in [-0.2, -0.15) is 0 Å². The van der Waals surface area contributed by atoms with Crippen LogP contribution < -0.4 is 10.1 Å². The molecule has 5 heteroatoms. The van der Waals surface area contributed by atoms with Gasteiger partial charge in [0.2, 0.25) is 0 Å². The lowest BCUT2D eigenvalue weighted by Crippen LogP contribution is -2.17. The molecule has 3 rings (SSSR count). The van der Waals surface area contributed by atoms with Crippen molar-refractivity contribution in [3.8, 4) is 11.7 Å². The van der Waals surface area contributed by atoms with E-state index in [2.05, 4.69) is 44.8 Å². The molecule has 1 aliphatic carbocycles. The molecule has 5 nitrogen and oxygen atoms in total. The fourth-order valence-electron chi connectivity index (χ4n) is 3.69. The first-order chi connectivity index (χ1) is 13.7. The van der Waals surface area contributed by atoms with E-state index in [1.54, 1.807) is 14.2 Å². The number of nitrogens with one attached hydrogen (secondary N) is 1. The van der Waals surface area contributed by atoms with Gasteiger partial charge in [0.15, 0.2) is 0 Å². The zero-order chi connectivity index (χ0) is 21.2. The highest BCUT2D eigenvalue weighted by Crippen LogP contribution is 2.42. The van der Waals surface area contributed by atoms with Crippen molar-refractivity contribution in [3.63, 3.8) is 0 Å². The molecule has 0 aliphatic heterocycles. The van der Waals surface area contributed by atoms with Crippen molar-refractivity contribution in [1.82, 2.24) is 5.32 Å². The van der Waals surface area contributed by atoms with Crippen molar-refractivity contribution in [2.45, 2.75) is 52.5 Å². The van der Waals surface area contributed by atoms with Crippen molar-refractivity contribution in [3.05, 3.63) is 70.5 Å². The number of furan rings is 1. The quantitative estimate of drug-likeness (QED) is 0.455. The summed E-state index contributed by atoms with van der Waals surface area (Å²) in [6.07, 6.45) is 2.30. The van der Waals surface area contributed by atoms with Gasteiger partial charge >= 0.3 is 0 Å². The van der Waals surface area contributed by atoms with E-state index in [1.807, 2.05) is 19.1 Å². The van der Waals surface area contributed by atoms with E-state index in [4.69, 9.17) is 18.6 Å². The largest absolute Gasteiger partial charge is 0.499 e. The third kappa shape index (κ3) is 4.44. The van der Waals surface area contributed by atoms with Gasteiger partial charge in [0.25, 0.3) is 5.95 Å². The van der Waals surface area contributed by atoms with Crippen LogP contribution in [0.15, 0.2) is 52.5 Å². The van der Waals surface area contributed by atoms with Crippen LogP contribution in [-0.2, 0) is 27.9 Å². The molecule has 0 unspecified atom stereocenters. The number of aryl methyl sites for hydroxylation is 2. The fraction of sp³-hybridized carbons (Fsp3) is 0.417. The Kier molecular flexibility index (Phi) is 5.96. The number of allylic oxidation sites excluding steroid dienone is 1. The van der Waals surface area contributed by atoms with Crippen molar-refractivity contribution in [2.24, 2.45) is 0 Å². The van der Waals surface area contributed by atoms with Crippen LogP contribution in [0, 0.1) is 6.92 Å². The number of methoxy groups -OCH3 is 2. The summed E-state index contributed by atoms with van der Waals surface area (Å²) < 4.78 is 22.5. The molecule has 2 aromatic rings. The molecule has 0 amide bonds. The molecule has 0 atom stereocenters. The van der Waals surface area contributed by atoms with E-state index < -0.39 is 0 Å². The first kappa shape index (κ1) is 20.9. The van der Waals surface area contributed by atoms with Crippen LogP contribution in [0.1, 0.15) is 49.6 Å². The number of fused-ring (bicyclic) bond motifs is 1. The van der Waals surface area contributed by atoms with Crippen molar-refractivity contribution < 1.29 is 18.6 Å². The Morgan fingerprint density at radius 1 is 1.21 bits per heavy atom. The van der Waals surface area contributed by atoms with Crippen LogP contribution in [0.3, 0.4) is 0 Å². The highest BCUT2D eigenvalue weighted by molar-refractivity contribution is 5.48. The zero-order valence-electron chi connectivity index (χ0n) is 18.3. The molecule has 0 fully saturated rings. The van der Waals surface area contributed by atoms with E-state index >= 15 is 0 Å². The lowest BCUT2D eigenvalue weighted by atomic mass is 9.86. The molecule has 0 spiro atoms. The number of benzene rings is 1.